The molecule has 0 fully saturated rings. The van der Waals surface area contributed by atoms with Crippen LogP contribution in [0.2, 0.25) is 0 Å². The Kier molecular flexibility index (Phi) is 4.97. The SMILES string of the molecule is CCC(O)CNc1cc(C)c(N)c(C(=O)OC)c1. The van der Waals surface area contributed by atoms with Gasteiger partial charge in [-0.2, -0.15) is 0 Å². The van der Waals surface area contributed by atoms with E-state index >= 15 is 0 Å². The minimum Gasteiger partial charge on any atom is -0.465 e. The summed E-state index contributed by atoms with van der Waals surface area (Å²) in [4.78, 5) is 11.6. The Balaban J connectivity index is 2.94. The highest BCUT2D eigenvalue weighted by Gasteiger charge is 2.13. The first-order valence-corrected chi connectivity index (χ1v) is 5.90. The maximum atomic E-state index is 11.6. The topological polar surface area (TPSA) is 84.6 Å². The van der Waals surface area contributed by atoms with Crippen molar-refractivity contribution in [2.45, 2.75) is 26.4 Å². The molecule has 0 heterocycles. The summed E-state index contributed by atoms with van der Waals surface area (Å²) in [6, 6.07) is 3.47. The fraction of sp³-hybridized carbons (Fsp3) is 0.462. The minimum absolute atomic E-state index is 0.339. The van der Waals surface area contributed by atoms with Crippen molar-refractivity contribution >= 4 is 17.3 Å². The van der Waals surface area contributed by atoms with E-state index in [1.165, 1.54) is 7.11 Å². The van der Waals surface area contributed by atoms with E-state index in [9.17, 15) is 9.90 Å². The fourth-order valence-electron chi connectivity index (χ4n) is 1.56. The van der Waals surface area contributed by atoms with E-state index in [-0.39, 0.29) is 0 Å². The van der Waals surface area contributed by atoms with Crippen LogP contribution in [0.4, 0.5) is 11.4 Å². The largest absolute Gasteiger partial charge is 0.465 e. The predicted octanol–water partition coefficient (Wildman–Crippen LogP) is 1.55. The number of hydrogen-bond acceptors (Lipinski definition) is 5. The molecule has 0 aromatic heterocycles. The Labute approximate surface area is 107 Å². The quantitative estimate of drug-likeness (QED) is 0.547. The van der Waals surface area contributed by atoms with Gasteiger partial charge in [0, 0.05) is 17.9 Å². The first-order chi connectivity index (χ1) is 8.49. The third-order valence-electron chi connectivity index (χ3n) is 2.81. The second kappa shape index (κ2) is 6.26. The monoisotopic (exact) mass is 252 g/mol. The number of nitrogens with two attached hydrogens (primary N) is 1. The number of aliphatic hydroxyl groups is 1. The lowest BCUT2D eigenvalue weighted by molar-refractivity contribution is 0.0602. The van der Waals surface area contributed by atoms with Crippen LogP contribution < -0.4 is 11.1 Å². The molecule has 1 rings (SSSR count). The second-order valence-electron chi connectivity index (χ2n) is 4.19. The van der Waals surface area contributed by atoms with E-state index < -0.39 is 12.1 Å². The summed E-state index contributed by atoms with van der Waals surface area (Å²) in [5.41, 5.74) is 8.13. The number of ether oxygens (including phenoxy) is 1. The molecule has 0 saturated carbocycles. The number of nitrogen functional groups attached to an aromatic ring is 1. The van der Waals surface area contributed by atoms with E-state index in [1.54, 1.807) is 6.07 Å². The number of aliphatic hydroxyl groups excluding tert-OH is 1. The molecule has 0 bridgehead atoms. The number of carbonyl (C=O) groups is 1. The number of aryl methyl sites for hydroxylation is 1. The molecule has 0 aliphatic rings. The molecule has 1 aromatic rings. The summed E-state index contributed by atoms with van der Waals surface area (Å²) in [6.45, 7) is 4.16. The van der Waals surface area contributed by atoms with Crippen molar-refractivity contribution < 1.29 is 14.6 Å². The third-order valence-corrected chi connectivity index (χ3v) is 2.81. The van der Waals surface area contributed by atoms with E-state index in [4.69, 9.17) is 5.73 Å². The van der Waals surface area contributed by atoms with Gasteiger partial charge in [0.1, 0.15) is 0 Å². The van der Waals surface area contributed by atoms with Gasteiger partial charge in [-0.1, -0.05) is 6.92 Å². The maximum absolute atomic E-state index is 11.6. The minimum atomic E-state index is -0.463. The maximum Gasteiger partial charge on any atom is 0.340 e. The Morgan fingerprint density at radius 2 is 2.22 bits per heavy atom. The van der Waals surface area contributed by atoms with Gasteiger partial charge in [0.05, 0.1) is 18.8 Å². The van der Waals surface area contributed by atoms with Crippen LogP contribution in [0.3, 0.4) is 0 Å². The summed E-state index contributed by atoms with van der Waals surface area (Å²) in [5, 5.41) is 12.6. The molecule has 5 nitrogen and oxygen atoms in total. The highest BCUT2D eigenvalue weighted by atomic mass is 16.5. The zero-order chi connectivity index (χ0) is 13.7. The Bertz CT molecular complexity index is 432. The van der Waals surface area contributed by atoms with Crippen molar-refractivity contribution in [1.82, 2.24) is 0 Å². The first kappa shape index (κ1) is 14.3. The van der Waals surface area contributed by atoms with Gasteiger partial charge in [0.25, 0.3) is 0 Å². The number of benzene rings is 1. The molecule has 1 unspecified atom stereocenters. The van der Waals surface area contributed by atoms with E-state index in [2.05, 4.69) is 10.1 Å². The van der Waals surface area contributed by atoms with Crippen molar-refractivity contribution in [3.63, 3.8) is 0 Å². The van der Waals surface area contributed by atoms with Crippen LogP contribution in [0.5, 0.6) is 0 Å². The second-order valence-corrected chi connectivity index (χ2v) is 4.19. The Morgan fingerprint density at radius 3 is 2.78 bits per heavy atom. The van der Waals surface area contributed by atoms with Crippen LogP contribution in [0.1, 0.15) is 29.3 Å². The first-order valence-electron chi connectivity index (χ1n) is 5.90. The van der Waals surface area contributed by atoms with Gasteiger partial charge in [0.15, 0.2) is 0 Å². The number of carbonyl (C=O) groups excluding carboxylic acids is 1. The van der Waals surface area contributed by atoms with E-state index in [0.29, 0.717) is 24.2 Å². The molecule has 1 atom stereocenters. The summed E-state index contributed by atoms with van der Waals surface area (Å²) >= 11 is 0. The van der Waals surface area contributed by atoms with Crippen LogP contribution in [0.25, 0.3) is 0 Å². The van der Waals surface area contributed by atoms with Crippen molar-refractivity contribution in [2.24, 2.45) is 0 Å². The van der Waals surface area contributed by atoms with Crippen LogP contribution in [0.15, 0.2) is 12.1 Å². The molecule has 4 N–H and O–H groups in total. The molecule has 5 heteroatoms. The standard InChI is InChI=1S/C13H20N2O3/c1-4-10(16)7-15-9-5-8(2)12(14)11(6-9)13(17)18-3/h5-6,10,15-16H,4,7,14H2,1-3H3. The molecular formula is C13H20N2O3. The van der Waals surface area contributed by atoms with Crippen molar-refractivity contribution in [3.05, 3.63) is 23.3 Å². The van der Waals surface area contributed by atoms with Gasteiger partial charge in [-0.15, -0.1) is 0 Å². The highest BCUT2D eigenvalue weighted by Crippen LogP contribution is 2.23. The van der Waals surface area contributed by atoms with Gasteiger partial charge < -0.3 is 20.9 Å². The fourth-order valence-corrected chi connectivity index (χ4v) is 1.56. The molecule has 0 spiro atoms. The lowest BCUT2D eigenvalue weighted by Crippen LogP contribution is -2.18. The number of methoxy groups -OCH3 is 1. The van der Waals surface area contributed by atoms with Gasteiger partial charge in [-0.25, -0.2) is 4.79 Å². The predicted molar refractivity (Wildman–Crippen MR) is 71.7 cm³/mol. The average molecular weight is 252 g/mol. The molecular weight excluding hydrogens is 232 g/mol. The summed E-state index contributed by atoms with van der Waals surface area (Å²) < 4.78 is 4.68. The lowest BCUT2D eigenvalue weighted by Gasteiger charge is -2.14. The molecule has 1 aromatic carbocycles. The molecule has 0 aliphatic carbocycles. The summed E-state index contributed by atoms with van der Waals surface area (Å²) in [6.07, 6.45) is 0.259. The van der Waals surface area contributed by atoms with Crippen LogP contribution in [-0.2, 0) is 4.74 Å². The molecule has 100 valence electrons. The van der Waals surface area contributed by atoms with Crippen LogP contribution in [-0.4, -0.2) is 30.8 Å². The zero-order valence-corrected chi connectivity index (χ0v) is 11.0. The number of hydrogen-bond donors (Lipinski definition) is 3. The number of rotatable bonds is 5. The average Bonchev–Trinajstić information content (AvgIpc) is 2.38. The molecule has 0 amide bonds. The zero-order valence-electron chi connectivity index (χ0n) is 11.0. The third kappa shape index (κ3) is 3.37. The van der Waals surface area contributed by atoms with Crippen molar-refractivity contribution in [1.29, 1.82) is 0 Å². The van der Waals surface area contributed by atoms with Crippen molar-refractivity contribution in [2.75, 3.05) is 24.7 Å². The molecule has 18 heavy (non-hydrogen) atoms. The normalized spacial score (nSPS) is 12.0. The number of anilines is 2. The van der Waals surface area contributed by atoms with Gasteiger partial charge >= 0.3 is 5.97 Å². The van der Waals surface area contributed by atoms with Gasteiger partial charge in [-0.05, 0) is 31.0 Å². The van der Waals surface area contributed by atoms with E-state index in [1.807, 2.05) is 19.9 Å². The molecule has 0 saturated heterocycles. The van der Waals surface area contributed by atoms with Crippen molar-refractivity contribution in [3.8, 4) is 0 Å². The van der Waals surface area contributed by atoms with Gasteiger partial charge in [-0.3, -0.25) is 0 Å². The van der Waals surface area contributed by atoms with Crippen LogP contribution in [0, 0.1) is 6.92 Å². The Hall–Kier alpha value is -1.75. The smallest absolute Gasteiger partial charge is 0.340 e. The lowest BCUT2D eigenvalue weighted by atomic mass is 10.1. The Morgan fingerprint density at radius 1 is 1.56 bits per heavy atom. The molecule has 0 aliphatic heterocycles. The highest BCUT2D eigenvalue weighted by molar-refractivity contribution is 5.97. The molecule has 0 radical (unpaired) electrons. The van der Waals surface area contributed by atoms with Gasteiger partial charge in [0.2, 0.25) is 0 Å². The summed E-state index contributed by atoms with van der Waals surface area (Å²) in [7, 11) is 1.32. The van der Waals surface area contributed by atoms with Crippen LogP contribution >= 0.6 is 0 Å². The number of esters is 1. The number of nitrogens with one attached hydrogen (secondary N) is 1. The summed E-state index contributed by atoms with van der Waals surface area (Å²) in [5.74, 6) is -0.463. The van der Waals surface area contributed by atoms with E-state index in [0.717, 1.165) is 11.3 Å².